The molecule has 0 saturated carbocycles. The molecule has 1 rings (SSSR count). The molecule has 0 aliphatic heterocycles. The van der Waals surface area contributed by atoms with Crippen molar-refractivity contribution in [1.29, 1.82) is 5.26 Å². The first kappa shape index (κ1) is 16.3. The topological polar surface area (TPSA) is 52.9 Å². The molecule has 20 heavy (non-hydrogen) atoms. The van der Waals surface area contributed by atoms with E-state index in [1.807, 2.05) is 0 Å². The minimum atomic E-state index is -4.66. The van der Waals surface area contributed by atoms with Crippen LogP contribution in [0.5, 0.6) is 0 Å². The molecule has 0 atom stereocenters. The number of amides is 1. The van der Waals surface area contributed by atoms with Crippen molar-refractivity contribution in [2.45, 2.75) is 20.0 Å². The number of carbonyl (C=O) groups excluding carboxylic acids is 1. The Kier molecular flexibility index (Phi) is 4.66. The quantitative estimate of drug-likeness (QED) is 0.864. The molecule has 0 spiro atoms. The van der Waals surface area contributed by atoms with Crippen molar-refractivity contribution in [3.63, 3.8) is 0 Å². The van der Waals surface area contributed by atoms with E-state index in [9.17, 15) is 18.0 Å². The standard InChI is InChI=1S/C13H12ClF3N2O/c1-12(2,7-14)11(20)19-9-4-3-8(6-18)10(5-9)13(15,16)17/h3-5H,7H2,1-2H3,(H,19,20). The minimum absolute atomic E-state index is 0.0282. The zero-order valence-corrected chi connectivity index (χ0v) is 11.6. The normalized spacial score (nSPS) is 11.8. The Labute approximate surface area is 119 Å². The zero-order valence-electron chi connectivity index (χ0n) is 10.8. The first-order valence-corrected chi connectivity index (χ1v) is 6.14. The van der Waals surface area contributed by atoms with Gasteiger partial charge in [-0.1, -0.05) is 0 Å². The van der Waals surface area contributed by atoms with Gasteiger partial charge in [-0.25, -0.2) is 0 Å². The van der Waals surface area contributed by atoms with Gasteiger partial charge >= 0.3 is 6.18 Å². The highest BCUT2D eigenvalue weighted by Gasteiger charge is 2.34. The second kappa shape index (κ2) is 5.71. The molecule has 7 heteroatoms. The van der Waals surface area contributed by atoms with E-state index in [1.165, 1.54) is 12.1 Å². The van der Waals surface area contributed by atoms with Crippen molar-refractivity contribution < 1.29 is 18.0 Å². The summed E-state index contributed by atoms with van der Waals surface area (Å²) in [6.07, 6.45) is -4.66. The number of nitriles is 1. The minimum Gasteiger partial charge on any atom is -0.326 e. The summed E-state index contributed by atoms with van der Waals surface area (Å²) in [7, 11) is 0. The van der Waals surface area contributed by atoms with E-state index < -0.39 is 28.6 Å². The van der Waals surface area contributed by atoms with Crippen LogP contribution in [0, 0.1) is 16.7 Å². The molecule has 0 radical (unpaired) electrons. The third kappa shape index (κ3) is 3.64. The van der Waals surface area contributed by atoms with Gasteiger partial charge in [-0.15, -0.1) is 11.6 Å². The van der Waals surface area contributed by atoms with Crippen LogP contribution in [0.3, 0.4) is 0 Å². The van der Waals surface area contributed by atoms with Crippen LogP contribution < -0.4 is 5.32 Å². The molecule has 1 amide bonds. The lowest BCUT2D eigenvalue weighted by Gasteiger charge is -2.21. The Balaban J connectivity index is 3.12. The molecular formula is C13H12ClF3N2O. The first-order chi connectivity index (χ1) is 9.11. The molecule has 0 aromatic heterocycles. The predicted molar refractivity (Wildman–Crippen MR) is 69.3 cm³/mol. The number of halogens is 4. The van der Waals surface area contributed by atoms with Gasteiger partial charge in [0.15, 0.2) is 0 Å². The lowest BCUT2D eigenvalue weighted by Crippen LogP contribution is -2.32. The molecule has 0 fully saturated rings. The summed E-state index contributed by atoms with van der Waals surface area (Å²) < 4.78 is 38.3. The summed E-state index contributed by atoms with van der Waals surface area (Å²) in [5.41, 5.74) is -2.51. The van der Waals surface area contributed by atoms with Gasteiger partial charge in [0, 0.05) is 11.6 Å². The van der Waals surface area contributed by atoms with E-state index >= 15 is 0 Å². The molecule has 1 aromatic carbocycles. The molecule has 0 unspecified atom stereocenters. The summed E-state index contributed by atoms with van der Waals surface area (Å²) in [5.74, 6) is -0.466. The highest BCUT2D eigenvalue weighted by atomic mass is 35.5. The largest absolute Gasteiger partial charge is 0.417 e. The molecule has 3 nitrogen and oxygen atoms in total. The van der Waals surface area contributed by atoms with Crippen molar-refractivity contribution in [3.05, 3.63) is 29.3 Å². The van der Waals surface area contributed by atoms with E-state index in [4.69, 9.17) is 16.9 Å². The predicted octanol–water partition coefficient (Wildman–Crippen LogP) is 3.78. The number of hydrogen-bond donors (Lipinski definition) is 1. The maximum absolute atomic E-state index is 12.8. The van der Waals surface area contributed by atoms with Crippen LogP contribution >= 0.6 is 11.6 Å². The van der Waals surface area contributed by atoms with Crippen LogP contribution in [-0.4, -0.2) is 11.8 Å². The Hall–Kier alpha value is -1.74. The van der Waals surface area contributed by atoms with Gasteiger partial charge in [-0.05, 0) is 32.0 Å². The maximum Gasteiger partial charge on any atom is 0.417 e. The van der Waals surface area contributed by atoms with E-state index in [0.717, 1.165) is 12.1 Å². The molecule has 0 bridgehead atoms. The van der Waals surface area contributed by atoms with E-state index in [0.29, 0.717) is 0 Å². The fourth-order valence-electron chi connectivity index (χ4n) is 1.32. The zero-order chi connectivity index (χ0) is 15.6. The smallest absolute Gasteiger partial charge is 0.326 e. The molecule has 1 N–H and O–H groups in total. The number of rotatable bonds is 3. The van der Waals surface area contributed by atoms with Gasteiger partial charge in [-0.3, -0.25) is 4.79 Å². The molecule has 0 aliphatic rings. The number of benzene rings is 1. The van der Waals surface area contributed by atoms with Crippen molar-refractivity contribution in [2.24, 2.45) is 5.41 Å². The van der Waals surface area contributed by atoms with Crippen LogP contribution in [0.4, 0.5) is 18.9 Å². The van der Waals surface area contributed by atoms with Crippen LogP contribution in [0.1, 0.15) is 25.0 Å². The number of carbonyl (C=O) groups is 1. The van der Waals surface area contributed by atoms with Crippen LogP contribution in [0.2, 0.25) is 0 Å². The average molecular weight is 305 g/mol. The van der Waals surface area contributed by atoms with Crippen LogP contribution in [0.15, 0.2) is 18.2 Å². The highest BCUT2D eigenvalue weighted by Crippen LogP contribution is 2.34. The van der Waals surface area contributed by atoms with Crippen LogP contribution in [0.25, 0.3) is 0 Å². The SMILES string of the molecule is CC(C)(CCl)C(=O)Nc1ccc(C#N)c(C(F)(F)F)c1. The van der Waals surface area contributed by atoms with Crippen LogP contribution in [-0.2, 0) is 11.0 Å². The Bertz CT molecular complexity index is 562. The molecular weight excluding hydrogens is 293 g/mol. The van der Waals surface area contributed by atoms with E-state index in [2.05, 4.69) is 5.32 Å². The number of alkyl halides is 4. The van der Waals surface area contributed by atoms with Crippen molar-refractivity contribution in [2.75, 3.05) is 11.2 Å². The first-order valence-electron chi connectivity index (χ1n) is 5.60. The lowest BCUT2D eigenvalue weighted by molar-refractivity contribution is -0.137. The van der Waals surface area contributed by atoms with Gasteiger partial charge in [0.1, 0.15) is 0 Å². The summed E-state index contributed by atoms with van der Waals surface area (Å²) in [6.45, 7) is 3.15. The number of hydrogen-bond acceptors (Lipinski definition) is 2. The third-order valence-electron chi connectivity index (χ3n) is 2.65. The second-order valence-electron chi connectivity index (χ2n) is 4.84. The highest BCUT2D eigenvalue weighted by molar-refractivity contribution is 6.20. The van der Waals surface area contributed by atoms with Gasteiger partial charge in [-0.2, -0.15) is 18.4 Å². The van der Waals surface area contributed by atoms with Gasteiger partial charge in [0.25, 0.3) is 0 Å². The molecule has 0 saturated heterocycles. The van der Waals surface area contributed by atoms with E-state index in [-0.39, 0.29) is 11.6 Å². The maximum atomic E-state index is 12.8. The Morgan fingerprint density at radius 1 is 1.40 bits per heavy atom. The Morgan fingerprint density at radius 2 is 2.00 bits per heavy atom. The molecule has 1 aromatic rings. The number of nitrogens with one attached hydrogen (secondary N) is 1. The fourth-order valence-corrected chi connectivity index (χ4v) is 1.44. The fraction of sp³-hybridized carbons (Fsp3) is 0.385. The van der Waals surface area contributed by atoms with Gasteiger partial charge in [0.05, 0.1) is 22.6 Å². The number of anilines is 1. The van der Waals surface area contributed by atoms with Gasteiger partial charge in [0.2, 0.25) is 5.91 Å². The number of nitrogens with zero attached hydrogens (tertiary/aromatic N) is 1. The summed E-state index contributed by atoms with van der Waals surface area (Å²) >= 11 is 5.62. The molecule has 0 heterocycles. The summed E-state index contributed by atoms with van der Waals surface area (Å²) in [5, 5.41) is 11.0. The second-order valence-corrected chi connectivity index (χ2v) is 5.11. The third-order valence-corrected chi connectivity index (χ3v) is 3.32. The van der Waals surface area contributed by atoms with Crippen molar-refractivity contribution in [1.82, 2.24) is 0 Å². The monoisotopic (exact) mass is 304 g/mol. The molecule has 108 valence electrons. The Morgan fingerprint density at radius 3 is 2.45 bits per heavy atom. The summed E-state index contributed by atoms with van der Waals surface area (Å²) in [4.78, 5) is 11.8. The average Bonchev–Trinajstić information content (AvgIpc) is 2.37. The van der Waals surface area contributed by atoms with Crippen molar-refractivity contribution in [3.8, 4) is 6.07 Å². The van der Waals surface area contributed by atoms with E-state index in [1.54, 1.807) is 13.8 Å². The van der Waals surface area contributed by atoms with Gasteiger partial charge < -0.3 is 5.32 Å². The summed E-state index contributed by atoms with van der Waals surface area (Å²) in [6, 6.07) is 4.47. The lowest BCUT2D eigenvalue weighted by atomic mass is 9.95. The molecule has 0 aliphatic carbocycles. The van der Waals surface area contributed by atoms with Crippen molar-refractivity contribution >= 4 is 23.2 Å².